The third-order valence-electron chi connectivity index (χ3n) is 2.93. The zero-order chi connectivity index (χ0) is 12.8. The van der Waals surface area contributed by atoms with Gasteiger partial charge in [0.1, 0.15) is 6.04 Å². The number of nitrogens with zero attached hydrogens (tertiary/aromatic N) is 1. The monoisotopic (exact) mass is 243 g/mol. The van der Waals surface area contributed by atoms with Gasteiger partial charge in [0.05, 0.1) is 6.61 Å². The normalized spacial score (nSPS) is 20.3. The number of aliphatic carboxylic acids is 1. The highest BCUT2D eigenvalue weighted by atomic mass is 16.5. The van der Waals surface area contributed by atoms with Crippen LogP contribution in [0.5, 0.6) is 0 Å². The molecule has 1 heterocycles. The lowest BCUT2D eigenvalue weighted by molar-refractivity contribution is -0.146. The van der Waals surface area contributed by atoms with Crippen molar-refractivity contribution in [2.24, 2.45) is 5.92 Å². The summed E-state index contributed by atoms with van der Waals surface area (Å²) in [5.74, 6) is -0.405. The molecule has 0 radical (unpaired) electrons. The van der Waals surface area contributed by atoms with Crippen LogP contribution in [0.3, 0.4) is 0 Å². The molecule has 1 atom stereocenters. The molecule has 0 spiro atoms. The van der Waals surface area contributed by atoms with Crippen molar-refractivity contribution in [1.82, 2.24) is 4.90 Å². The Kier molecular flexibility index (Phi) is 5.41. The highest BCUT2D eigenvalue weighted by Crippen LogP contribution is 2.18. The average Bonchev–Trinajstić information content (AvgIpc) is 2.59. The lowest BCUT2D eigenvalue weighted by atomic mass is 10.1. The molecular weight excluding hydrogens is 222 g/mol. The molecular formula is C12H21NO4. The summed E-state index contributed by atoms with van der Waals surface area (Å²) in [5, 5.41) is 8.94. The number of ether oxygens (including phenoxy) is 1. The van der Waals surface area contributed by atoms with Crippen LogP contribution < -0.4 is 0 Å². The Hall–Kier alpha value is -1.10. The lowest BCUT2D eigenvalue weighted by Crippen LogP contribution is -2.40. The summed E-state index contributed by atoms with van der Waals surface area (Å²) in [4.78, 5) is 23.8. The first-order valence-corrected chi connectivity index (χ1v) is 6.12. The molecule has 0 aromatic carbocycles. The molecule has 1 unspecified atom stereocenters. The first-order valence-electron chi connectivity index (χ1n) is 6.12. The van der Waals surface area contributed by atoms with Crippen molar-refractivity contribution in [2.75, 3.05) is 19.8 Å². The van der Waals surface area contributed by atoms with Crippen LogP contribution >= 0.6 is 0 Å². The Labute approximate surface area is 102 Å². The molecule has 1 amide bonds. The molecule has 0 saturated carbocycles. The van der Waals surface area contributed by atoms with E-state index in [1.807, 2.05) is 0 Å². The summed E-state index contributed by atoms with van der Waals surface area (Å²) in [6.07, 6.45) is 1.74. The van der Waals surface area contributed by atoms with Crippen LogP contribution in [0.25, 0.3) is 0 Å². The maximum atomic E-state index is 11.5. The topological polar surface area (TPSA) is 66.8 Å². The summed E-state index contributed by atoms with van der Waals surface area (Å²) in [6.45, 7) is 5.70. The molecule has 1 saturated heterocycles. The molecule has 1 fully saturated rings. The van der Waals surface area contributed by atoms with Crippen molar-refractivity contribution in [1.29, 1.82) is 0 Å². The third kappa shape index (κ3) is 4.34. The molecule has 17 heavy (non-hydrogen) atoms. The first kappa shape index (κ1) is 14.0. The number of amides is 1. The van der Waals surface area contributed by atoms with Crippen molar-refractivity contribution in [3.05, 3.63) is 0 Å². The van der Waals surface area contributed by atoms with E-state index in [4.69, 9.17) is 9.84 Å². The van der Waals surface area contributed by atoms with Gasteiger partial charge in [0.2, 0.25) is 5.91 Å². The van der Waals surface area contributed by atoms with Crippen molar-refractivity contribution in [3.8, 4) is 0 Å². The second kappa shape index (κ2) is 6.59. The fourth-order valence-corrected chi connectivity index (χ4v) is 1.85. The molecule has 1 aliphatic heterocycles. The average molecular weight is 243 g/mol. The van der Waals surface area contributed by atoms with Crippen LogP contribution in [0.2, 0.25) is 0 Å². The van der Waals surface area contributed by atoms with Crippen molar-refractivity contribution >= 4 is 11.9 Å². The van der Waals surface area contributed by atoms with Gasteiger partial charge in [0, 0.05) is 19.6 Å². The maximum Gasteiger partial charge on any atom is 0.326 e. The molecule has 98 valence electrons. The number of hydrogen-bond acceptors (Lipinski definition) is 3. The minimum absolute atomic E-state index is 0.0788. The highest BCUT2D eigenvalue weighted by molar-refractivity contribution is 5.87. The minimum atomic E-state index is -0.918. The smallest absolute Gasteiger partial charge is 0.326 e. The maximum absolute atomic E-state index is 11.5. The summed E-state index contributed by atoms with van der Waals surface area (Å²) < 4.78 is 5.40. The Morgan fingerprint density at radius 1 is 1.53 bits per heavy atom. The fraction of sp³-hybridized carbons (Fsp3) is 0.833. The largest absolute Gasteiger partial charge is 0.480 e. The Morgan fingerprint density at radius 3 is 2.82 bits per heavy atom. The van der Waals surface area contributed by atoms with E-state index in [0.29, 0.717) is 38.5 Å². The van der Waals surface area contributed by atoms with Gasteiger partial charge in [-0.25, -0.2) is 4.79 Å². The van der Waals surface area contributed by atoms with E-state index in [2.05, 4.69) is 13.8 Å². The number of carbonyl (C=O) groups excluding carboxylic acids is 1. The van der Waals surface area contributed by atoms with E-state index in [9.17, 15) is 9.59 Å². The van der Waals surface area contributed by atoms with E-state index in [-0.39, 0.29) is 5.91 Å². The first-order chi connectivity index (χ1) is 8.02. The van der Waals surface area contributed by atoms with Gasteiger partial charge in [-0.2, -0.15) is 0 Å². The van der Waals surface area contributed by atoms with E-state index < -0.39 is 12.0 Å². The van der Waals surface area contributed by atoms with Crippen LogP contribution in [-0.4, -0.2) is 47.7 Å². The molecule has 0 bridgehead atoms. The van der Waals surface area contributed by atoms with E-state index in [1.165, 1.54) is 4.90 Å². The quantitative estimate of drug-likeness (QED) is 0.680. The predicted octanol–water partition coefficient (Wildman–Crippen LogP) is 1.12. The van der Waals surface area contributed by atoms with Crippen LogP contribution in [0, 0.1) is 5.92 Å². The van der Waals surface area contributed by atoms with Gasteiger partial charge in [-0.15, -0.1) is 0 Å². The molecule has 0 aliphatic carbocycles. The van der Waals surface area contributed by atoms with Gasteiger partial charge < -0.3 is 14.7 Å². The third-order valence-corrected chi connectivity index (χ3v) is 2.93. The standard InChI is InChI=1S/C12H21NO4/c1-9(2)5-7-17-8-6-13-10(12(15)16)3-4-11(13)14/h9-10H,3-8H2,1-2H3,(H,15,16). The molecule has 1 rings (SSSR count). The zero-order valence-electron chi connectivity index (χ0n) is 10.5. The summed E-state index contributed by atoms with van der Waals surface area (Å²) >= 11 is 0. The number of rotatable bonds is 7. The van der Waals surface area contributed by atoms with Crippen LogP contribution in [0.15, 0.2) is 0 Å². The van der Waals surface area contributed by atoms with Crippen LogP contribution in [0.4, 0.5) is 0 Å². The van der Waals surface area contributed by atoms with Gasteiger partial charge in [-0.1, -0.05) is 13.8 Å². The van der Waals surface area contributed by atoms with Gasteiger partial charge in [0.25, 0.3) is 0 Å². The molecule has 5 nitrogen and oxygen atoms in total. The minimum Gasteiger partial charge on any atom is -0.480 e. The van der Waals surface area contributed by atoms with Crippen molar-refractivity contribution in [2.45, 2.75) is 39.2 Å². The predicted molar refractivity (Wildman–Crippen MR) is 62.6 cm³/mol. The second-order valence-corrected chi connectivity index (χ2v) is 4.77. The van der Waals surface area contributed by atoms with Gasteiger partial charge in [0.15, 0.2) is 0 Å². The van der Waals surface area contributed by atoms with E-state index in [0.717, 1.165) is 6.42 Å². The molecule has 1 N–H and O–H groups in total. The van der Waals surface area contributed by atoms with Crippen LogP contribution in [0.1, 0.15) is 33.1 Å². The molecule has 1 aliphatic rings. The van der Waals surface area contributed by atoms with Gasteiger partial charge in [-0.05, 0) is 18.8 Å². The van der Waals surface area contributed by atoms with E-state index in [1.54, 1.807) is 0 Å². The highest BCUT2D eigenvalue weighted by Gasteiger charge is 2.35. The van der Waals surface area contributed by atoms with Gasteiger partial charge in [-0.3, -0.25) is 4.79 Å². The SMILES string of the molecule is CC(C)CCOCCN1C(=O)CCC1C(=O)O. The van der Waals surface area contributed by atoms with Crippen LogP contribution in [-0.2, 0) is 14.3 Å². The Bertz CT molecular complexity index is 278. The summed E-state index contributed by atoms with van der Waals surface area (Å²) in [5.41, 5.74) is 0. The van der Waals surface area contributed by atoms with Crippen molar-refractivity contribution < 1.29 is 19.4 Å². The number of carboxylic acids is 1. The molecule has 0 aromatic heterocycles. The molecule has 5 heteroatoms. The van der Waals surface area contributed by atoms with Gasteiger partial charge >= 0.3 is 5.97 Å². The second-order valence-electron chi connectivity index (χ2n) is 4.77. The fourth-order valence-electron chi connectivity index (χ4n) is 1.85. The lowest BCUT2D eigenvalue weighted by Gasteiger charge is -2.21. The molecule has 0 aromatic rings. The number of hydrogen-bond donors (Lipinski definition) is 1. The Morgan fingerprint density at radius 2 is 2.24 bits per heavy atom. The zero-order valence-corrected chi connectivity index (χ0v) is 10.5. The number of likely N-dealkylation sites (tertiary alicyclic amines) is 1. The number of carboxylic acid groups (broad SMARTS) is 1. The van der Waals surface area contributed by atoms with E-state index >= 15 is 0 Å². The summed E-state index contributed by atoms with van der Waals surface area (Å²) in [6, 6.07) is -0.656. The van der Waals surface area contributed by atoms with Crippen molar-refractivity contribution in [3.63, 3.8) is 0 Å². The summed E-state index contributed by atoms with van der Waals surface area (Å²) in [7, 11) is 0. The Balaban J connectivity index is 2.25. The number of carbonyl (C=O) groups is 2.